The van der Waals surface area contributed by atoms with Crippen LogP contribution in [0.1, 0.15) is 50.0 Å². The van der Waals surface area contributed by atoms with Crippen LogP contribution in [0.25, 0.3) is 0 Å². The number of carbonyl (C=O) groups is 1. The Hall–Kier alpha value is -1.10. The van der Waals surface area contributed by atoms with E-state index in [4.69, 9.17) is 4.74 Å². The van der Waals surface area contributed by atoms with Gasteiger partial charge in [-0.3, -0.25) is 4.79 Å². The first kappa shape index (κ1) is 19.2. The van der Waals surface area contributed by atoms with Gasteiger partial charge in [0, 0.05) is 13.2 Å². The normalized spacial score (nSPS) is 26.2. The van der Waals surface area contributed by atoms with Gasteiger partial charge in [0.1, 0.15) is 5.60 Å². The zero-order valence-corrected chi connectivity index (χ0v) is 15.2. The van der Waals surface area contributed by atoms with E-state index < -0.39 is 5.60 Å². The van der Waals surface area contributed by atoms with Gasteiger partial charge in [0.2, 0.25) is 0 Å². The third-order valence-corrected chi connectivity index (χ3v) is 5.55. The molecule has 0 aromatic heterocycles. The van der Waals surface area contributed by atoms with Crippen LogP contribution in [-0.4, -0.2) is 37.7 Å². The Morgan fingerprint density at radius 2 is 1.75 bits per heavy atom. The maximum absolute atomic E-state index is 12.7. The number of halogens is 1. The summed E-state index contributed by atoms with van der Waals surface area (Å²) in [6.07, 6.45) is 5.93. The number of piperidine rings is 1. The van der Waals surface area contributed by atoms with Gasteiger partial charge in [-0.25, -0.2) is 0 Å². The van der Waals surface area contributed by atoms with Gasteiger partial charge in [0.25, 0.3) is 5.91 Å². The van der Waals surface area contributed by atoms with E-state index in [1.54, 1.807) is 7.11 Å². The zero-order chi connectivity index (χ0) is 16.1. The summed E-state index contributed by atoms with van der Waals surface area (Å²) < 4.78 is 5.62. The first-order valence-corrected chi connectivity index (χ1v) is 8.85. The van der Waals surface area contributed by atoms with Crippen molar-refractivity contribution in [1.29, 1.82) is 0 Å². The van der Waals surface area contributed by atoms with Crippen LogP contribution >= 0.6 is 12.4 Å². The number of hydrogen-bond donors (Lipinski definition) is 2. The van der Waals surface area contributed by atoms with E-state index in [-0.39, 0.29) is 18.3 Å². The van der Waals surface area contributed by atoms with Crippen LogP contribution in [0.4, 0.5) is 0 Å². The summed E-state index contributed by atoms with van der Waals surface area (Å²) in [5.74, 6) is 0.726. The van der Waals surface area contributed by atoms with Crippen molar-refractivity contribution in [3.05, 3.63) is 35.9 Å². The third kappa shape index (κ3) is 4.29. The number of benzene rings is 1. The molecule has 1 saturated heterocycles. The molecular weight excluding hydrogens is 324 g/mol. The van der Waals surface area contributed by atoms with Gasteiger partial charge in [-0.2, -0.15) is 0 Å². The topological polar surface area (TPSA) is 50.4 Å². The van der Waals surface area contributed by atoms with Crippen molar-refractivity contribution in [3.63, 3.8) is 0 Å². The first-order valence-electron chi connectivity index (χ1n) is 8.85. The van der Waals surface area contributed by atoms with Gasteiger partial charge in [0.15, 0.2) is 0 Å². The molecule has 1 saturated carbocycles. The number of ether oxygens (including phenoxy) is 1. The predicted molar refractivity (Wildman–Crippen MR) is 98.7 cm³/mol. The molecule has 0 spiro atoms. The fraction of sp³-hybridized carbons (Fsp3) is 0.632. The SMILES string of the molecule is COC1(C(=O)NC2CCC(c3ccccc3)CC2)CCNCC1.Cl. The van der Waals surface area contributed by atoms with Gasteiger partial charge >= 0.3 is 0 Å². The second kappa shape index (κ2) is 8.84. The molecule has 2 aliphatic rings. The van der Waals surface area contributed by atoms with Crippen LogP contribution in [0.3, 0.4) is 0 Å². The minimum Gasteiger partial charge on any atom is -0.368 e. The Balaban J connectivity index is 0.00000208. The molecule has 24 heavy (non-hydrogen) atoms. The van der Waals surface area contributed by atoms with Gasteiger partial charge in [-0.1, -0.05) is 30.3 Å². The Bertz CT molecular complexity index is 509. The summed E-state index contributed by atoms with van der Waals surface area (Å²) in [6, 6.07) is 11.0. The molecule has 1 aliphatic carbocycles. The largest absolute Gasteiger partial charge is 0.368 e. The summed E-state index contributed by atoms with van der Waals surface area (Å²) in [7, 11) is 1.66. The van der Waals surface area contributed by atoms with Crippen LogP contribution in [0.15, 0.2) is 30.3 Å². The average Bonchev–Trinajstić information content (AvgIpc) is 2.63. The molecule has 1 aromatic carbocycles. The number of hydrogen-bond acceptors (Lipinski definition) is 3. The highest BCUT2D eigenvalue weighted by atomic mass is 35.5. The summed E-state index contributed by atoms with van der Waals surface area (Å²) >= 11 is 0. The standard InChI is InChI=1S/C19H28N2O2.ClH/c1-23-19(11-13-20-14-12-19)18(22)21-17-9-7-16(8-10-17)15-5-3-2-4-6-15;/h2-6,16-17,20H,7-14H2,1H3,(H,21,22);1H. The van der Waals surface area contributed by atoms with E-state index in [2.05, 4.69) is 41.0 Å². The second-order valence-corrected chi connectivity index (χ2v) is 6.88. The minimum atomic E-state index is -0.623. The van der Waals surface area contributed by atoms with Crippen LogP contribution < -0.4 is 10.6 Å². The molecule has 0 radical (unpaired) electrons. The first-order chi connectivity index (χ1) is 11.2. The van der Waals surface area contributed by atoms with E-state index in [1.165, 1.54) is 5.56 Å². The van der Waals surface area contributed by atoms with E-state index in [1.807, 2.05) is 0 Å². The summed E-state index contributed by atoms with van der Waals surface area (Å²) in [5, 5.41) is 6.56. The lowest BCUT2D eigenvalue weighted by Crippen LogP contribution is -2.56. The number of rotatable bonds is 4. The lowest BCUT2D eigenvalue weighted by Gasteiger charge is -2.37. The molecule has 1 heterocycles. The van der Waals surface area contributed by atoms with E-state index in [0.29, 0.717) is 12.0 Å². The molecule has 0 atom stereocenters. The van der Waals surface area contributed by atoms with Gasteiger partial charge in [-0.05, 0) is 63.1 Å². The highest BCUT2D eigenvalue weighted by Crippen LogP contribution is 2.33. The zero-order valence-electron chi connectivity index (χ0n) is 14.4. The van der Waals surface area contributed by atoms with Crippen molar-refractivity contribution in [3.8, 4) is 0 Å². The maximum atomic E-state index is 12.7. The van der Waals surface area contributed by atoms with Crippen molar-refractivity contribution in [2.75, 3.05) is 20.2 Å². The van der Waals surface area contributed by atoms with Crippen molar-refractivity contribution >= 4 is 18.3 Å². The fourth-order valence-corrected chi connectivity index (χ4v) is 3.97. The summed E-state index contributed by atoms with van der Waals surface area (Å²) in [5.41, 5.74) is 0.811. The molecule has 5 heteroatoms. The van der Waals surface area contributed by atoms with E-state index >= 15 is 0 Å². The molecule has 0 bridgehead atoms. The number of nitrogens with one attached hydrogen (secondary N) is 2. The molecule has 4 nitrogen and oxygen atoms in total. The van der Waals surface area contributed by atoms with Crippen LogP contribution in [0.2, 0.25) is 0 Å². The number of amides is 1. The van der Waals surface area contributed by atoms with Crippen LogP contribution in [0.5, 0.6) is 0 Å². The molecule has 1 aromatic rings. The lowest BCUT2D eigenvalue weighted by molar-refractivity contribution is -0.147. The van der Waals surface area contributed by atoms with Crippen molar-refractivity contribution in [2.45, 2.75) is 56.1 Å². The summed E-state index contributed by atoms with van der Waals surface area (Å²) in [4.78, 5) is 12.7. The fourth-order valence-electron chi connectivity index (χ4n) is 3.97. The predicted octanol–water partition coefficient (Wildman–Crippen LogP) is 3.02. The van der Waals surface area contributed by atoms with Crippen LogP contribution in [-0.2, 0) is 9.53 Å². The Labute approximate surface area is 151 Å². The molecule has 2 fully saturated rings. The van der Waals surface area contributed by atoms with E-state index in [0.717, 1.165) is 51.6 Å². The van der Waals surface area contributed by atoms with E-state index in [9.17, 15) is 4.79 Å². The van der Waals surface area contributed by atoms with Crippen molar-refractivity contribution in [2.24, 2.45) is 0 Å². The van der Waals surface area contributed by atoms with Crippen molar-refractivity contribution < 1.29 is 9.53 Å². The quantitative estimate of drug-likeness (QED) is 0.875. The maximum Gasteiger partial charge on any atom is 0.252 e. The third-order valence-electron chi connectivity index (χ3n) is 5.55. The molecule has 3 rings (SSSR count). The number of methoxy groups -OCH3 is 1. The Kier molecular flexibility index (Phi) is 7.08. The van der Waals surface area contributed by atoms with Crippen LogP contribution in [0, 0.1) is 0 Å². The van der Waals surface area contributed by atoms with Gasteiger partial charge < -0.3 is 15.4 Å². The van der Waals surface area contributed by atoms with Crippen molar-refractivity contribution in [1.82, 2.24) is 10.6 Å². The molecule has 1 amide bonds. The molecular formula is C19H29ClN2O2. The monoisotopic (exact) mass is 352 g/mol. The molecule has 2 N–H and O–H groups in total. The average molecular weight is 353 g/mol. The second-order valence-electron chi connectivity index (χ2n) is 6.88. The molecule has 1 aliphatic heterocycles. The van der Waals surface area contributed by atoms with Gasteiger partial charge in [0.05, 0.1) is 0 Å². The minimum absolute atomic E-state index is 0. The smallest absolute Gasteiger partial charge is 0.252 e. The highest BCUT2D eigenvalue weighted by Gasteiger charge is 2.40. The highest BCUT2D eigenvalue weighted by molar-refractivity contribution is 5.86. The Morgan fingerprint density at radius 3 is 2.33 bits per heavy atom. The molecule has 134 valence electrons. The number of carbonyl (C=O) groups excluding carboxylic acids is 1. The lowest BCUT2D eigenvalue weighted by atomic mass is 9.81. The summed E-state index contributed by atoms with van der Waals surface area (Å²) in [6.45, 7) is 1.70. The van der Waals surface area contributed by atoms with Gasteiger partial charge in [-0.15, -0.1) is 12.4 Å². The Morgan fingerprint density at radius 1 is 1.12 bits per heavy atom. The molecule has 0 unspecified atom stereocenters.